The van der Waals surface area contributed by atoms with E-state index in [-0.39, 0.29) is 0 Å². The van der Waals surface area contributed by atoms with Gasteiger partial charge in [0, 0.05) is 38.8 Å². The van der Waals surface area contributed by atoms with Gasteiger partial charge in [0.2, 0.25) is 0 Å². The van der Waals surface area contributed by atoms with Crippen molar-refractivity contribution in [3.05, 3.63) is 35.4 Å². The summed E-state index contributed by atoms with van der Waals surface area (Å²) in [5.41, 5.74) is 2.79. The first kappa shape index (κ1) is 15.5. The molecule has 1 N–H and O–H groups in total. The monoisotopic (exact) mass is 276 g/mol. The van der Waals surface area contributed by atoms with E-state index < -0.39 is 0 Å². The minimum atomic E-state index is 0.540. The van der Waals surface area contributed by atoms with E-state index in [4.69, 9.17) is 4.74 Å². The number of methoxy groups -OCH3 is 1. The van der Waals surface area contributed by atoms with Crippen molar-refractivity contribution in [2.24, 2.45) is 0 Å². The molecule has 0 amide bonds. The SMILES string of the molecule is COCCN(Cc1cccc(CNC2CC2)c1)C(C)C. The number of hydrogen-bond acceptors (Lipinski definition) is 3. The zero-order valence-electron chi connectivity index (χ0n) is 13.1. The number of nitrogens with one attached hydrogen (secondary N) is 1. The quantitative estimate of drug-likeness (QED) is 0.750. The van der Waals surface area contributed by atoms with E-state index >= 15 is 0 Å². The highest BCUT2D eigenvalue weighted by atomic mass is 16.5. The Morgan fingerprint density at radius 3 is 2.70 bits per heavy atom. The molecule has 1 aromatic rings. The number of rotatable bonds is 9. The van der Waals surface area contributed by atoms with Gasteiger partial charge >= 0.3 is 0 Å². The van der Waals surface area contributed by atoms with Crippen LogP contribution in [0.5, 0.6) is 0 Å². The van der Waals surface area contributed by atoms with Crippen LogP contribution < -0.4 is 5.32 Å². The Morgan fingerprint density at radius 2 is 2.05 bits per heavy atom. The lowest BCUT2D eigenvalue weighted by Gasteiger charge is -2.26. The number of nitrogens with zero attached hydrogens (tertiary/aromatic N) is 1. The molecule has 1 fully saturated rings. The Hall–Kier alpha value is -0.900. The van der Waals surface area contributed by atoms with Crippen molar-refractivity contribution in [3.8, 4) is 0 Å². The van der Waals surface area contributed by atoms with Crippen LogP contribution in [-0.2, 0) is 17.8 Å². The molecule has 0 heterocycles. The number of hydrogen-bond donors (Lipinski definition) is 1. The highest BCUT2D eigenvalue weighted by molar-refractivity contribution is 5.23. The first-order chi connectivity index (χ1) is 9.69. The second-order valence-corrected chi connectivity index (χ2v) is 6.03. The first-order valence-corrected chi connectivity index (χ1v) is 7.73. The molecule has 0 atom stereocenters. The maximum Gasteiger partial charge on any atom is 0.0589 e. The van der Waals surface area contributed by atoms with Gasteiger partial charge in [-0.3, -0.25) is 4.90 Å². The zero-order valence-corrected chi connectivity index (χ0v) is 13.1. The molecule has 3 heteroatoms. The van der Waals surface area contributed by atoms with Gasteiger partial charge in [0.25, 0.3) is 0 Å². The minimum Gasteiger partial charge on any atom is -0.383 e. The lowest BCUT2D eigenvalue weighted by molar-refractivity contribution is 0.125. The highest BCUT2D eigenvalue weighted by Crippen LogP contribution is 2.19. The van der Waals surface area contributed by atoms with Crippen molar-refractivity contribution >= 4 is 0 Å². The largest absolute Gasteiger partial charge is 0.383 e. The van der Waals surface area contributed by atoms with Gasteiger partial charge in [0.15, 0.2) is 0 Å². The second-order valence-electron chi connectivity index (χ2n) is 6.03. The summed E-state index contributed by atoms with van der Waals surface area (Å²) in [5.74, 6) is 0. The predicted octanol–water partition coefficient (Wildman–Crippen LogP) is 2.80. The molecule has 1 aromatic carbocycles. The van der Waals surface area contributed by atoms with E-state index in [9.17, 15) is 0 Å². The molecule has 0 spiro atoms. The molecule has 0 aliphatic heterocycles. The molecule has 1 saturated carbocycles. The smallest absolute Gasteiger partial charge is 0.0589 e. The minimum absolute atomic E-state index is 0.540. The van der Waals surface area contributed by atoms with E-state index in [0.29, 0.717) is 6.04 Å². The molecule has 1 aliphatic rings. The van der Waals surface area contributed by atoms with Gasteiger partial charge in [-0.05, 0) is 37.8 Å². The average molecular weight is 276 g/mol. The molecule has 2 rings (SSSR count). The zero-order chi connectivity index (χ0) is 14.4. The van der Waals surface area contributed by atoms with Crippen molar-refractivity contribution in [1.82, 2.24) is 10.2 Å². The summed E-state index contributed by atoms with van der Waals surface area (Å²) in [6.45, 7) is 8.26. The molecule has 0 aromatic heterocycles. The van der Waals surface area contributed by atoms with Crippen molar-refractivity contribution in [1.29, 1.82) is 0 Å². The van der Waals surface area contributed by atoms with Crippen LogP contribution >= 0.6 is 0 Å². The molecule has 0 radical (unpaired) electrons. The van der Waals surface area contributed by atoms with Gasteiger partial charge < -0.3 is 10.1 Å². The molecule has 0 saturated heterocycles. The Labute approximate surface area is 123 Å². The van der Waals surface area contributed by atoms with Crippen LogP contribution in [0, 0.1) is 0 Å². The van der Waals surface area contributed by atoms with Gasteiger partial charge in [-0.15, -0.1) is 0 Å². The summed E-state index contributed by atoms with van der Waals surface area (Å²) in [7, 11) is 1.77. The van der Waals surface area contributed by atoms with E-state index in [1.165, 1.54) is 24.0 Å². The predicted molar refractivity (Wildman–Crippen MR) is 83.7 cm³/mol. The second kappa shape index (κ2) is 7.77. The van der Waals surface area contributed by atoms with Gasteiger partial charge in [0.05, 0.1) is 6.61 Å². The molecule has 1 aliphatic carbocycles. The van der Waals surface area contributed by atoms with E-state index in [2.05, 4.69) is 48.3 Å². The Bertz CT molecular complexity index is 402. The van der Waals surface area contributed by atoms with Gasteiger partial charge in [-0.1, -0.05) is 24.3 Å². The third-order valence-electron chi connectivity index (χ3n) is 3.86. The van der Waals surface area contributed by atoms with E-state index in [0.717, 1.165) is 32.3 Å². The van der Waals surface area contributed by atoms with E-state index in [1.54, 1.807) is 7.11 Å². The van der Waals surface area contributed by atoms with Crippen LogP contribution in [0.3, 0.4) is 0 Å². The van der Waals surface area contributed by atoms with Crippen LogP contribution in [0.25, 0.3) is 0 Å². The Morgan fingerprint density at radius 1 is 1.30 bits per heavy atom. The molecule has 112 valence electrons. The lowest BCUT2D eigenvalue weighted by atomic mass is 10.1. The number of benzene rings is 1. The molecule has 0 unspecified atom stereocenters. The third kappa shape index (κ3) is 5.23. The fourth-order valence-corrected chi connectivity index (χ4v) is 2.35. The van der Waals surface area contributed by atoms with Crippen LogP contribution in [-0.4, -0.2) is 37.2 Å². The van der Waals surface area contributed by atoms with Gasteiger partial charge in [0.1, 0.15) is 0 Å². The highest BCUT2D eigenvalue weighted by Gasteiger charge is 2.19. The Kier molecular flexibility index (Phi) is 6.02. The van der Waals surface area contributed by atoms with Crippen molar-refractivity contribution in [2.45, 2.75) is 51.9 Å². The van der Waals surface area contributed by atoms with Crippen LogP contribution in [0.4, 0.5) is 0 Å². The lowest BCUT2D eigenvalue weighted by Crippen LogP contribution is -2.33. The normalized spacial score (nSPS) is 15.2. The van der Waals surface area contributed by atoms with Gasteiger partial charge in [-0.25, -0.2) is 0 Å². The van der Waals surface area contributed by atoms with Crippen LogP contribution in [0.1, 0.15) is 37.8 Å². The fraction of sp³-hybridized carbons (Fsp3) is 0.647. The summed E-state index contributed by atoms with van der Waals surface area (Å²) in [5, 5.41) is 3.58. The summed E-state index contributed by atoms with van der Waals surface area (Å²) >= 11 is 0. The maximum absolute atomic E-state index is 5.20. The van der Waals surface area contributed by atoms with Crippen LogP contribution in [0.15, 0.2) is 24.3 Å². The van der Waals surface area contributed by atoms with Crippen LogP contribution in [0.2, 0.25) is 0 Å². The molecule has 20 heavy (non-hydrogen) atoms. The summed E-state index contributed by atoms with van der Waals surface area (Å²) in [6.07, 6.45) is 2.69. The first-order valence-electron chi connectivity index (χ1n) is 7.73. The topological polar surface area (TPSA) is 24.5 Å². The van der Waals surface area contributed by atoms with Gasteiger partial charge in [-0.2, -0.15) is 0 Å². The fourth-order valence-electron chi connectivity index (χ4n) is 2.35. The van der Waals surface area contributed by atoms with Crippen molar-refractivity contribution < 1.29 is 4.74 Å². The maximum atomic E-state index is 5.20. The number of ether oxygens (including phenoxy) is 1. The molecular weight excluding hydrogens is 248 g/mol. The summed E-state index contributed by atoms with van der Waals surface area (Å²) < 4.78 is 5.20. The van der Waals surface area contributed by atoms with E-state index in [1.807, 2.05) is 0 Å². The third-order valence-corrected chi connectivity index (χ3v) is 3.86. The average Bonchev–Trinajstić information content (AvgIpc) is 3.25. The summed E-state index contributed by atoms with van der Waals surface area (Å²) in [6, 6.07) is 10.3. The molecule has 3 nitrogen and oxygen atoms in total. The molecule has 0 bridgehead atoms. The Balaban J connectivity index is 1.90. The summed E-state index contributed by atoms with van der Waals surface area (Å²) in [4.78, 5) is 2.46. The van der Waals surface area contributed by atoms with Crippen molar-refractivity contribution in [3.63, 3.8) is 0 Å². The standard InChI is InChI=1S/C17H28N2O/c1-14(2)19(9-10-20-3)13-16-6-4-5-15(11-16)12-18-17-7-8-17/h4-6,11,14,17-18H,7-10,12-13H2,1-3H3. The molecular formula is C17H28N2O. The van der Waals surface area contributed by atoms with Crippen molar-refractivity contribution in [2.75, 3.05) is 20.3 Å².